The summed E-state index contributed by atoms with van der Waals surface area (Å²) in [6, 6.07) is 1.34. The van der Waals surface area contributed by atoms with Crippen LogP contribution in [0.5, 0.6) is 0 Å². The number of rotatable bonds is 4. The van der Waals surface area contributed by atoms with Crippen molar-refractivity contribution >= 4 is 29.3 Å². The average molecular weight is 361 g/mol. The molecule has 5 nitrogen and oxygen atoms in total. The van der Waals surface area contributed by atoms with Gasteiger partial charge in [-0.2, -0.15) is 0 Å². The van der Waals surface area contributed by atoms with E-state index in [9.17, 15) is 9.90 Å². The molecule has 1 aromatic heterocycles. The lowest BCUT2D eigenvalue weighted by atomic mass is 9.89. The van der Waals surface area contributed by atoms with Crippen molar-refractivity contribution in [3.63, 3.8) is 0 Å². The number of pyridine rings is 1. The van der Waals surface area contributed by atoms with Gasteiger partial charge in [0.25, 0.3) is 0 Å². The zero-order valence-electron chi connectivity index (χ0n) is 13.6. The Bertz CT molecular complexity index is 569. The molecule has 1 fully saturated rings. The van der Waals surface area contributed by atoms with Crippen LogP contribution in [0.1, 0.15) is 44.5 Å². The van der Waals surface area contributed by atoms with Gasteiger partial charge in [-0.05, 0) is 38.8 Å². The van der Waals surface area contributed by atoms with Crippen LogP contribution in [0.15, 0.2) is 12.3 Å². The SMILES string of the molecule is CC(C)(C)N(C(=O)O)C(c1ncc(Cl)cc1CCl)C1CCOC1. The highest BCUT2D eigenvalue weighted by atomic mass is 35.5. The molecule has 0 spiro atoms. The topological polar surface area (TPSA) is 62.7 Å². The number of carbonyl (C=O) groups is 1. The normalized spacial score (nSPS) is 19.6. The molecule has 0 aliphatic carbocycles. The number of hydrogen-bond acceptors (Lipinski definition) is 3. The van der Waals surface area contributed by atoms with Crippen molar-refractivity contribution in [2.24, 2.45) is 5.92 Å². The summed E-state index contributed by atoms with van der Waals surface area (Å²) >= 11 is 12.1. The first-order valence-corrected chi connectivity index (χ1v) is 8.47. The Balaban J connectivity index is 2.56. The Morgan fingerprint density at radius 2 is 2.26 bits per heavy atom. The molecule has 1 aliphatic rings. The van der Waals surface area contributed by atoms with Gasteiger partial charge in [-0.15, -0.1) is 11.6 Å². The highest BCUT2D eigenvalue weighted by Gasteiger charge is 2.41. The molecule has 2 rings (SSSR count). The van der Waals surface area contributed by atoms with E-state index in [1.165, 1.54) is 4.90 Å². The van der Waals surface area contributed by atoms with Gasteiger partial charge >= 0.3 is 6.09 Å². The number of nitrogens with zero attached hydrogens (tertiary/aromatic N) is 2. The first kappa shape index (κ1) is 18.3. The number of amides is 1. The second kappa shape index (κ2) is 7.24. The summed E-state index contributed by atoms with van der Waals surface area (Å²) in [5, 5.41) is 10.3. The van der Waals surface area contributed by atoms with Gasteiger partial charge in [0.15, 0.2) is 0 Å². The van der Waals surface area contributed by atoms with E-state index in [1.54, 1.807) is 12.3 Å². The van der Waals surface area contributed by atoms with Crippen molar-refractivity contribution in [3.8, 4) is 0 Å². The molecule has 0 saturated carbocycles. The van der Waals surface area contributed by atoms with Crippen LogP contribution in [-0.2, 0) is 10.6 Å². The lowest BCUT2D eigenvalue weighted by Gasteiger charge is -2.42. The molecule has 0 radical (unpaired) electrons. The summed E-state index contributed by atoms with van der Waals surface area (Å²) in [6.45, 7) is 6.76. The summed E-state index contributed by atoms with van der Waals surface area (Å²) in [6.07, 6.45) is 1.35. The van der Waals surface area contributed by atoms with Crippen molar-refractivity contribution in [1.82, 2.24) is 9.88 Å². The quantitative estimate of drug-likeness (QED) is 0.811. The Morgan fingerprint density at radius 1 is 1.57 bits per heavy atom. The van der Waals surface area contributed by atoms with Crippen LogP contribution in [0.3, 0.4) is 0 Å². The molecule has 1 N–H and O–H groups in total. The Labute approximate surface area is 146 Å². The Hall–Kier alpha value is -1.04. The number of aromatic nitrogens is 1. The molecular weight excluding hydrogens is 339 g/mol. The van der Waals surface area contributed by atoms with Crippen LogP contribution in [0, 0.1) is 5.92 Å². The molecule has 2 unspecified atom stereocenters. The van der Waals surface area contributed by atoms with E-state index in [0.29, 0.717) is 23.9 Å². The minimum absolute atomic E-state index is 0.0426. The fourth-order valence-electron chi connectivity index (χ4n) is 3.05. The maximum atomic E-state index is 12.0. The van der Waals surface area contributed by atoms with Gasteiger partial charge in [0.1, 0.15) is 0 Å². The van der Waals surface area contributed by atoms with Crippen molar-refractivity contribution in [2.45, 2.75) is 44.7 Å². The van der Waals surface area contributed by atoms with Crippen LogP contribution in [-0.4, -0.2) is 39.8 Å². The summed E-state index contributed by atoms with van der Waals surface area (Å²) in [5.74, 6) is 0.269. The van der Waals surface area contributed by atoms with Crippen LogP contribution in [0.2, 0.25) is 5.02 Å². The second-order valence-corrected chi connectivity index (χ2v) is 7.43. The predicted molar refractivity (Wildman–Crippen MR) is 90.1 cm³/mol. The van der Waals surface area contributed by atoms with Crippen molar-refractivity contribution < 1.29 is 14.6 Å². The smallest absolute Gasteiger partial charge is 0.408 e. The number of ether oxygens (including phenoxy) is 1. The highest BCUT2D eigenvalue weighted by molar-refractivity contribution is 6.30. The van der Waals surface area contributed by atoms with Crippen LogP contribution >= 0.6 is 23.2 Å². The van der Waals surface area contributed by atoms with Gasteiger partial charge in [-0.3, -0.25) is 9.88 Å². The molecule has 1 aromatic rings. The first-order valence-electron chi connectivity index (χ1n) is 7.56. The Morgan fingerprint density at radius 3 is 2.74 bits per heavy atom. The third-order valence-corrected chi connectivity index (χ3v) is 4.51. The molecular formula is C16H22Cl2N2O3. The van der Waals surface area contributed by atoms with Crippen LogP contribution < -0.4 is 0 Å². The largest absolute Gasteiger partial charge is 0.465 e. The maximum Gasteiger partial charge on any atom is 0.408 e. The van der Waals surface area contributed by atoms with E-state index in [4.69, 9.17) is 27.9 Å². The lowest BCUT2D eigenvalue weighted by Crippen LogP contribution is -2.50. The minimum atomic E-state index is -0.980. The standard InChI is InChI=1S/C16H22Cl2N2O3/c1-16(2,3)20(15(21)22)14(10-4-5-23-9-10)13-11(7-17)6-12(18)8-19-13/h6,8,10,14H,4-5,7,9H2,1-3H3,(H,21,22). The van der Waals surface area contributed by atoms with Gasteiger partial charge in [0.2, 0.25) is 0 Å². The van der Waals surface area contributed by atoms with Crippen molar-refractivity contribution in [2.75, 3.05) is 13.2 Å². The summed E-state index contributed by atoms with van der Waals surface area (Å²) in [4.78, 5) is 17.9. The summed E-state index contributed by atoms with van der Waals surface area (Å²) in [5.41, 5.74) is 0.841. The van der Waals surface area contributed by atoms with E-state index in [1.807, 2.05) is 20.8 Å². The second-order valence-electron chi connectivity index (χ2n) is 6.72. The number of carboxylic acid groups (broad SMARTS) is 1. The summed E-state index contributed by atoms with van der Waals surface area (Å²) in [7, 11) is 0. The molecule has 7 heteroatoms. The molecule has 0 bridgehead atoms. The molecule has 1 aliphatic heterocycles. The van der Waals surface area contributed by atoms with E-state index in [0.717, 1.165) is 12.0 Å². The average Bonchev–Trinajstić information content (AvgIpc) is 2.96. The first-order chi connectivity index (χ1) is 10.8. The zero-order valence-corrected chi connectivity index (χ0v) is 15.1. The van der Waals surface area contributed by atoms with Crippen LogP contribution in [0.4, 0.5) is 4.79 Å². The van der Waals surface area contributed by atoms with Gasteiger partial charge in [0.05, 0.1) is 23.4 Å². The van der Waals surface area contributed by atoms with Gasteiger partial charge in [-0.1, -0.05) is 11.6 Å². The van der Waals surface area contributed by atoms with E-state index in [2.05, 4.69) is 4.98 Å². The van der Waals surface area contributed by atoms with Crippen LogP contribution in [0.25, 0.3) is 0 Å². The molecule has 128 valence electrons. The predicted octanol–water partition coefficient (Wildman–Crippen LogP) is 4.33. The number of alkyl halides is 1. The number of hydrogen-bond donors (Lipinski definition) is 1. The molecule has 2 heterocycles. The minimum Gasteiger partial charge on any atom is -0.465 e. The molecule has 23 heavy (non-hydrogen) atoms. The van der Waals surface area contributed by atoms with E-state index in [-0.39, 0.29) is 11.8 Å². The van der Waals surface area contributed by atoms with Crippen molar-refractivity contribution in [1.29, 1.82) is 0 Å². The third kappa shape index (κ3) is 4.08. The third-order valence-electron chi connectivity index (χ3n) is 4.01. The zero-order chi connectivity index (χ0) is 17.2. The monoisotopic (exact) mass is 360 g/mol. The van der Waals surface area contributed by atoms with E-state index >= 15 is 0 Å². The van der Waals surface area contributed by atoms with E-state index < -0.39 is 17.7 Å². The van der Waals surface area contributed by atoms with Gasteiger partial charge in [-0.25, -0.2) is 4.79 Å². The molecule has 1 saturated heterocycles. The highest BCUT2D eigenvalue weighted by Crippen LogP contribution is 2.39. The lowest BCUT2D eigenvalue weighted by molar-refractivity contribution is 0.0421. The molecule has 2 atom stereocenters. The van der Waals surface area contributed by atoms with Gasteiger partial charge < -0.3 is 9.84 Å². The molecule has 1 amide bonds. The fraction of sp³-hybridized carbons (Fsp3) is 0.625. The fourth-order valence-corrected chi connectivity index (χ4v) is 3.44. The van der Waals surface area contributed by atoms with Gasteiger partial charge in [0, 0.05) is 30.1 Å². The Kier molecular flexibility index (Phi) is 5.76. The summed E-state index contributed by atoms with van der Waals surface area (Å²) < 4.78 is 5.49. The maximum absolute atomic E-state index is 12.0. The number of halogens is 2. The van der Waals surface area contributed by atoms with Crippen molar-refractivity contribution in [3.05, 3.63) is 28.5 Å². The molecule has 0 aromatic carbocycles.